The predicted octanol–water partition coefficient (Wildman–Crippen LogP) is 0.296. The van der Waals surface area contributed by atoms with Gasteiger partial charge in [0.05, 0.1) is 6.61 Å². The SMILES string of the molecule is Nc1cc(CO)ccc1CCO. The first kappa shape index (κ1) is 9.03. The normalized spacial score (nSPS) is 10.2. The minimum absolute atomic E-state index is 0.00358. The summed E-state index contributed by atoms with van der Waals surface area (Å²) in [6, 6.07) is 5.36. The van der Waals surface area contributed by atoms with E-state index >= 15 is 0 Å². The number of nitrogens with two attached hydrogens (primary N) is 1. The van der Waals surface area contributed by atoms with Crippen molar-refractivity contribution >= 4 is 5.69 Å². The highest BCUT2D eigenvalue weighted by molar-refractivity contribution is 5.49. The van der Waals surface area contributed by atoms with Gasteiger partial charge < -0.3 is 15.9 Å². The number of hydrogen-bond acceptors (Lipinski definition) is 3. The highest BCUT2D eigenvalue weighted by Crippen LogP contribution is 2.14. The summed E-state index contributed by atoms with van der Waals surface area (Å²) in [6.45, 7) is 0.103. The number of rotatable bonds is 3. The molecule has 0 radical (unpaired) electrons. The molecule has 0 unspecified atom stereocenters. The Kier molecular flexibility index (Phi) is 3.08. The summed E-state index contributed by atoms with van der Waals surface area (Å²) < 4.78 is 0. The van der Waals surface area contributed by atoms with Gasteiger partial charge >= 0.3 is 0 Å². The number of hydrogen-bond donors (Lipinski definition) is 3. The lowest BCUT2D eigenvalue weighted by Crippen LogP contribution is -1.98. The number of aliphatic hydroxyl groups excluding tert-OH is 2. The molecule has 0 saturated carbocycles. The van der Waals surface area contributed by atoms with Crippen molar-refractivity contribution < 1.29 is 10.2 Å². The Morgan fingerprint density at radius 3 is 2.50 bits per heavy atom. The minimum Gasteiger partial charge on any atom is -0.398 e. The summed E-state index contributed by atoms with van der Waals surface area (Å²) >= 11 is 0. The van der Waals surface area contributed by atoms with E-state index in [1.165, 1.54) is 0 Å². The second kappa shape index (κ2) is 4.09. The van der Waals surface area contributed by atoms with Gasteiger partial charge in [-0.1, -0.05) is 12.1 Å². The van der Waals surface area contributed by atoms with Crippen LogP contribution in [0.25, 0.3) is 0 Å². The molecule has 0 amide bonds. The standard InChI is InChI=1S/C9H13NO2/c10-9-5-7(6-12)1-2-8(9)3-4-11/h1-2,5,11-12H,3-4,6,10H2. The third kappa shape index (κ3) is 1.96. The van der Waals surface area contributed by atoms with Crippen molar-refractivity contribution in [2.24, 2.45) is 0 Å². The molecule has 0 heterocycles. The van der Waals surface area contributed by atoms with Crippen LogP contribution in [-0.4, -0.2) is 16.8 Å². The highest BCUT2D eigenvalue weighted by Gasteiger charge is 1.98. The maximum atomic E-state index is 8.78. The molecule has 12 heavy (non-hydrogen) atoms. The lowest BCUT2D eigenvalue weighted by Gasteiger charge is -2.04. The Hall–Kier alpha value is -1.06. The monoisotopic (exact) mass is 167 g/mol. The van der Waals surface area contributed by atoms with Gasteiger partial charge in [0.2, 0.25) is 0 Å². The van der Waals surface area contributed by atoms with Crippen molar-refractivity contribution in [2.45, 2.75) is 13.0 Å². The van der Waals surface area contributed by atoms with E-state index in [9.17, 15) is 0 Å². The van der Waals surface area contributed by atoms with E-state index in [0.717, 1.165) is 11.1 Å². The van der Waals surface area contributed by atoms with Crippen molar-refractivity contribution in [1.29, 1.82) is 0 Å². The molecule has 1 rings (SSSR count). The van der Waals surface area contributed by atoms with Crippen LogP contribution in [0.3, 0.4) is 0 Å². The van der Waals surface area contributed by atoms with Crippen molar-refractivity contribution in [3.05, 3.63) is 29.3 Å². The smallest absolute Gasteiger partial charge is 0.0682 e. The van der Waals surface area contributed by atoms with Crippen LogP contribution in [0.2, 0.25) is 0 Å². The molecule has 3 heteroatoms. The molecule has 0 spiro atoms. The Labute approximate surface area is 71.5 Å². The van der Waals surface area contributed by atoms with Crippen molar-refractivity contribution in [1.82, 2.24) is 0 Å². The quantitative estimate of drug-likeness (QED) is 0.567. The molecule has 0 atom stereocenters. The maximum Gasteiger partial charge on any atom is 0.0682 e. The Morgan fingerprint density at radius 2 is 2.00 bits per heavy atom. The van der Waals surface area contributed by atoms with Gasteiger partial charge in [0, 0.05) is 12.3 Å². The van der Waals surface area contributed by atoms with E-state index in [1.54, 1.807) is 12.1 Å². The summed E-state index contributed by atoms with van der Waals surface area (Å²) in [6.07, 6.45) is 0.567. The fraction of sp³-hybridized carbons (Fsp3) is 0.333. The molecule has 0 aromatic heterocycles. The molecule has 0 bridgehead atoms. The topological polar surface area (TPSA) is 66.5 Å². The van der Waals surface area contributed by atoms with Gasteiger partial charge in [-0.25, -0.2) is 0 Å². The van der Waals surface area contributed by atoms with Gasteiger partial charge in [-0.3, -0.25) is 0 Å². The summed E-state index contributed by atoms with van der Waals surface area (Å²) in [5.74, 6) is 0. The zero-order valence-electron chi connectivity index (χ0n) is 6.83. The molecule has 66 valence electrons. The van der Waals surface area contributed by atoms with E-state index < -0.39 is 0 Å². The van der Waals surface area contributed by atoms with E-state index in [4.69, 9.17) is 15.9 Å². The average molecular weight is 167 g/mol. The van der Waals surface area contributed by atoms with Crippen LogP contribution in [0, 0.1) is 0 Å². The van der Waals surface area contributed by atoms with Gasteiger partial charge in [-0.2, -0.15) is 0 Å². The van der Waals surface area contributed by atoms with Crippen LogP contribution in [0.1, 0.15) is 11.1 Å². The number of aliphatic hydroxyl groups is 2. The average Bonchev–Trinajstić information content (AvgIpc) is 2.09. The zero-order valence-corrected chi connectivity index (χ0v) is 6.83. The Balaban J connectivity index is 2.87. The van der Waals surface area contributed by atoms with Crippen LogP contribution in [0.15, 0.2) is 18.2 Å². The first-order chi connectivity index (χ1) is 5.77. The summed E-state index contributed by atoms with van der Waals surface area (Å²) in [5.41, 5.74) is 8.02. The van der Waals surface area contributed by atoms with E-state index in [0.29, 0.717) is 12.1 Å². The Bertz CT molecular complexity index is 261. The van der Waals surface area contributed by atoms with E-state index in [-0.39, 0.29) is 13.2 Å². The van der Waals surface area contributed by atoms with Gasteiger partial charge in [-0.15, -0.1) is 0 Å². The van der Waals surface area contributed by atoms with E-state index in [2.05, 4.69) is 0 Å². The second-order valence-electron chi connectivity index (χ2n) is 2.66. The molecule has 0 aliphatic carbocycles. The number of anilines is 1. The molecule has 0 saturated heterocycles. The van der Waals surface area contributed by atoms with Gasteiger partial charge in [-0.05, 0) is 23.6 Å². The highest BCUT2D eigenvalue weighted by atomic mass is 16.3. The maximum absolute atomic E-state index is 8.78. The fourth-order valence-corrected chi connectivity index (χ4v) is 1.09. The molecule has 0 aliphatic heterocycles. The summed E-state index contributed by atoms with van der Waals surface area (Å²) in [4.78, 5) is 0. The molecule has 4 N–H and O–H groups in total. The summed E-state index contributed by atoms with van der Waals surface area (Å²) in [5, 5.41) is 17.4. The molecule has 1 aromatic rings. The van der Waals surface area contributed by atoms with Gasteiger partial charge in [0.25, 0.3) is 0 Å². The number of benzene rings is 1. The lowest BCUT2D eigenvalue weighted by atomic mass is 10.1. The molecular weight excluding hydrogens is 154 g/mol. The first-order valence-electron chi connectivity index (χ1n) is 3.87. The number of nitrogen functional groups attached to an aromatic ring is 1. The minimum atomic E-state index is 0.00358. The third-order valence-electron chi connectivity index (χ3n) is 1.77. The molecule has 0 aliphatic rings. The van der Waals surface area contributed by atoms with Crippen LogP contribution < -0.4 is 5.73 Å². The van der Waals surface area contributed by atoms with Crippen molar-refractivity contribution in [3.8, 4) is 0 Å². The largest absolute Gasteiger partial charge is 0.398 e. The van der Waals surface area contributed by atoms with Gasteiger partial charge in [0.15, 0.2) is 0 Å². The molecule has 1 aromatic carbocycles. The zero-order chi connectivity index (χ0) is 8.97. The van der Waals surface area contributed by atoms with Crippen molar-refractivity contribution in [2.75, 3.05) is 12.3 Å². The molecule has 0 fully saturated rings. The fourth-order valence-electron chi connectivity index (χ4n) is 1.09. The van der Waals surface area contributed by atoms with E-state index in [1.807, 2.05) is 6.07 Å². The molecule has 3 nitrogen and oxygen atoms in total. The summed E-state index contributed by atoms with van der Waals surface area (Å²) in [7, 11) is 0. The van der Waals surface area contributed by atoms with Crippen LogP contribution >= 0.6 is 0 Å². The van der Waals surface area contributed by atoms with Crippen LogP contribution in [-0.2, 0) is 13.0 Å². The lowest BCUT2D eigenvalue weighted by molar-refractivity contribution is 0.282. The first-order valence-corrected chi connectivity index (χ1v) is 3.87. The second-order valence-corrected chi connectivity index (χ2v) is 2.66. The van der Waals surface area contributed by atoms with Gasteiger partial charge in [0.1, 0.15) is 0 Å². The van der Waals surface area contributed by atoms with Crippen LogP contribution in [0.5, 0.6) is 0 Å². The van der Waals surface area contributed by atoms with Crippen LogP contribution in [0.4, 0.5) is 5.69 Å². The third-order valence-corrected chi connectivity index (χ3v) is 1.77. The molecular formula is C9H13NO2. The Morgan fingerprint density at radius 1 is 1.25 bits per heavy atom. The van der Waals surface area contributed by atoms with Crippen molar-refractivity contribution in [3.63, 3.8) is 0 Å². The predicted molar refractivity (Wildman–Crippen MR) is 47.6 cm³/mol.